The van der Waals surface area contributed by atoms with Gasteiger partial charge in [0.15, 0.2) is 0 Å². The van der Waals surface area contributed by atoms with Gasteiger partial charge in [0.2, 0.25) is 5.91 Å². The molecule has 0 aliphatic heterocycles. The van der Waals surface area contributed by atoms with Crippen LogP contribution in [0, 0.1) is 0 Å². The summed E-state index contributed by atoms with van der Waals surface area (Å²) in [5, 5.41) is 5.72. The van der Waals surface area contributed by atoms with Crippen LogP contribution >= 0.6 is 0 Å². The van der Waals surface area contributed by atoms with Crippen LogP contribution in [0.1, 0.15) is 51.0 Å². The summed E-state index contributed by atoms with van der Waals surface area (Å²) in [6.07, 6.45) is 7.18. The SMILES string of the molecule is CC(=O)Nc1cccc(CNC(=O)N(C)C2CCCCCC2)c1. The van der Waals surface area contributed by atoms with E-state index in [9.17, 15) is 9.59 Å². The topological polar surface area (TPSA) is 61.4 Å². The minimum absolute atomic E-state index is 0.0261. The fraction of sp³-hybridized carbons (Fsp3) is 0.556. The van der Waals surface area contributed by atoms with Crippen molar-refractivity contribution in [1.29, 1.82) is 0 Å². The molecule has 2 rings (SSSR count). The number of nitrogens with zero attached hydrogens (tertiary/aromatic N) is 1. The highest BCUT2D eigenvalue weighted by Gasteiger charge is 2.20. The summed E-state index contributed by atoms with van der Waals surface area (Å²) >= 11 is 0. The minimum Gasteiger partial charge on any atom is -0.334 e. The molecule has 1 aliphatic rings. The molecule has 23 heavy (non-hydrogen) atoms. The quantitative estimate of drug-likeness (QED) is 0.835. The summed E-state index contributed by atoms with van der Waals surface area (Å²) in [4.78, 5) is 25.3. The molecule has 0 aromatic heterocycles. The van der Waals surface area contributed by atoms with Crippen molar-refractivity contribution < 1.29 is 9.59 Å². The molecule has 0 heterocycles. The monoisotopic (exact) mass is 317 g/mol. The largest absolute Gasteiger partial charge is 0.334 e. The number of carbonyl (C=O) groups is 2. The van der Waals surface area contributed by atoms with E-state index >= 15 is 0 Å². The molecule has 0 spiro atoms. The Hall–Kier alpha value is -2.04. The molecule has 5 nitrogen and oxygen atoms in total. The van der Waals surface area contributed by atoms with Crippen molar-refractivity contribution in [2.24, 2.45) is 0 Å². The first-order valence-corrected chi connectivity index (χ1v) is 8.43. The van der Waals surface area contributed by atoms with E-state index in [1.165, 1.54) is 32.6 Å². The summed E-state index contributed by atoms with van der Waals surface area (Å²) in [5.41, 5.74) is 1.72. The molecule has 1 saturated carbocycles. The van der Waals surface area contributed by atoms with E-state index in [0.717, 1.165) is 24.1 Å². The Bertz CT molecular complexity index is 537. The second-order valence-corrected chi connectivity index (χ2v) is 6.30. The zero-order chi connectivity index (χ0) is 16.7. The van der Waals surface area contributed by atoms with Gasteiger partial charge >= 0.3 is 6.03 Å². The van der Waals surface area contributed by atoms with E-state index in [2.05, 4.69) is 10.6 Å². The highest BCUT2D eigenvalue weighted by Crippen LogP contribution is 2.21. The summed E-state index contributed by atoms with van der Waals surface area (Å²) in [5.74, 6) is -0.0979. The van der Waals surface area contributed by atoms with E-state index in [-0.39, 0.29) is 11.9 Å². The molecule has 1 aromatic carbocycles. The van der Waals surface area contributed by atoms with E-state index in [0.29, 0.717) is 12.6 Å². The lowest BCUT2D eigenvalue weighted by Gasteiger charge is -2.27. The Balaban J connectivity index is 1.86. The molecule has 2 N–H and O–H groups in total. The van der Waals surface area contributed by atoms with Gasteiger partial charge in [-0.25, -0.2) is 4.79 Å². The maximum atomic E-state index is 12.3. The van der Waals surface area contributed by atoms with Gasteiger partial charge in [0.1, 0.15) is 0 Å². The zero-order valence-corrected chi connectivity index (χ0v) is 14.1. The zero-order valence-electron chi connectivity index (χ0n) is 14.1. The Labute approximate surface area is 138 Å². The summed E-state index contributed by atoms with van der Waals surface area (Å²) in [6.45, 7) is 1.94. The van der Waals surface area contributed by atoms with Gasteiger partial charge in [-0.3, -0.25) is 4.79 Å². The third kappa shape index (κ3) is 5.58. The summed E-state index contributed by atoms with van der Waals surface area (Å²) in [6, 6.07) is 7.86. The Morgan fingerprint density at radius 2 is 1.87 bits per heavy atom. The molecule has 1 fully saturated rings. The molecule has 0 unspecified atom stereocenters. The van der Waals surface area contributed by atoms with E-state index in [1.807, 2.05) is 36.2 Å². The van der Waals surface area contributed by atoms with Gasteiger partial charge in [0.05, 0.1) is 0 Å². The Kier molecular flexibility index (Phi) is 6.44. The molecular formula is C18H27N3O2. The predicted octanol–water partition coefficient (Wildman–Crippen LogP) is 3.51. The number of urea groups is 1. The molecule has 0 radical (unpaired) electrons. The van der Waals surface area contributed by atoms with Gasteiger partial charge in [-0.15, -0.1) is 0 Å². The maximum Gasteiger partial charge on any atom is 0.317 e. The van der Waals surface area contributed by atoms with Crippen molar-refractivity contribution in [3.05, 3.63) is 29.8 Å². The third-order valence-corrected chi connectivity index (χ3v) is 4.38. The predicted molar refractivity (Wildman–Crippen MR) is 92.2 cm³/mol. The van der Waals surface area contributed by atoms with E-state index < -0.39 is 0 Å². The fourth-order valence-electron chi connectivity index (χ4n) is 3.08. The first kappa shape index (κ1) is 17.3. The molecule has 126 valence electrons. The molecule has 0 atom stereocenters. The second kappa shape index (κ2) is 8.56. The third-order valence-electron chi connectivity index (χ3n) is 4.38. The van der Waals surface area contributed by atoms with Crippen molar-refractivity contribution in [3.8, 4) is 0 Å². The van der Waals surface area contributed by atoms with E-state index in [4.69, 9.17) is 0 Å². The molecule has 0 bridgehead atoms. The van der Waals surface area contributed by atoms with Gasteiger partial charge in [0.25, 0.3) is 0 Å². The lowest BCUT2D eigenvalue weighted by molar-refractivity contribution is -0.114. The van der Waals surface area contributed by atoms with Crippen molar-refractivity contribution in [1.82, 2.24) is 10.2 Å². The average molecular weight is 317 g/mol. The Morgan fingerprint density at radius 1 is 1.17 bits per heavy atom. The molecule has 1 aliphatic carbocycles. The van der Waals surface area contributed by atoms with Gasteiger partial charge in [-0.2, -0.15) is 0 Å². The average Bonchev–Trinajstić information content (AvgIpc) is 2.81. The number of hydrogen-bond donors (Lipinski definition) is 2. The highest BCUT2D eigenvalue weighted by atomic mass is 16.2. The molecular weight excluding hydrogens is 290 g/mol. The summed E-state index contributed by atoms with van der Waals surface area (Å²) in [7, 11) is 1.89. The van der Waals surface area contributed by atoms with Crippen LogP contribution in [0.2, 0.25) is 0 Å². The summed E-state index contributed by atoms with van der Waals surface area (Å²) < 4.78 is 0. The van der Waals surface area contributed by atoms with Gasteiger partial charge in [0, 0.05) is 32.2 Å². The van der Waals surface area contributed by atoms with Crippen molar-refractivity contribution in [2.75, 3.05) is 12.4 Å². The van der Waals surface area contributed by atoms with Crippen LogP contribution in [0.4, 0.5) is 10.5 Å². The van der Waals surface area contributed by atoms with Crippen molar-refractivity contribution >= 4 is 17.6 Å². The van der Waals surface area contributed by atoms with Crippen LogP contribution in [-0.2, 0) is 11.3 Å². The second-order valence-electron chi connectivity index (χ2n) is 6.30. The number of carbonyl (C=O) groups excluding carboxylic acids is 2. The Morgan fingerprint density at radius 3 is 2.52 bits per heavy atom. The van der Waals surface area contributed by atoms with Crippen molar-refractivity contribution in [2.45, 2.75) is 58.0 Å². The molecule has 3 amide bonds. The number of amides is 3. The highest BCUT2D eigenvalue weighted by molar-refractivity contribution is 5.88. The van der Waals surface area contributed by atoms with Gasteiger partial charge in [-0.1, -0.05) is 37.8 Å². The van der Waals surface area contributed by atoms with Crippen molar-refractivity contribution in [3.63, 3.8) is 0 Å². The van der Waals surface area contributed by atoms with Crippen LogP contribution in [-0.4, -0.2) is 29.9 Å². The van der Waals surface area contributed by atoms with Crippen LogP contribution in [0.25, 0.3) is 0 Å². The number of benzene rings is 1. The molecule has 1 aromatic rings. The molecule has 0 saturated heterocycles. The molecule has 5 heteroatoms. The van der Waals surface area contributed by atoms with Gasteiger partial charge in [-0.05, 0) is 30.5 Å². The van der Waals surface area contributed by atoms with E-state index in [1.54, 1.807) is 0 Å². The van der Waals surface area contributed by atoms with Gasteiger partial charge < -0.3 is 15.5 Å². The lowest BCUT2D eigenvalue weighted by Crippen LogP contribution is -2.43. The number of nitrogens with one attached hydrogen (secondary N) is 2. The maximum absolute atomic E-state index is 12.3. The van der Waals surface area contributed by atoms with Crippen LogP contribution < -0.4 is 10.6 Å². The first-order valence-electron chi connectivity index (χ1n) is 8.43. The number of rotatable bonds is 4. The minimum atomic E-state index is -0.0979. The van der Waals surface area contributed by atoms with Crippen LogP contribution in [0.5, 0.6) is 0 Å². The van der Waals surface area contributed by atoms with Crippen LogP contribution in [0.3, 0.4) is 0 Å². The fourth-order valence-corrected chi connectivity index (χ4v) is 3.08. The number of hydrogen-bond acceptors (Lipinski definition) is 2. The first-order chi connectivity index (χ1) is 11.1. The number of anilines is 1. The standard InChI is InChI=1S/C18H27N3O2/c1-14(22)20-16-9-7-8-15(12-16)13-19-18(23)21(2)17-10-5-3-4-6-11-17/h7-9,12,17H,3-6,10-11,13H2,1-2H3,(H,19,23)(H,20,22). The van der Waals surface area contributed by atoms with Crippen LogP contribution in [0.15, 0.2) is 24.3 Å². The smallest absolute Gasteiger partial charge is 0.317 e. The lowest BCUT2D eigenvalue weighted by atomic mass is 10.1. The normalized spacial score (nSPS) is 15.6.